The van der Waals surface area contributed by atoms with E-state index in [-0.39, 0.29) is 17.4 Å². The molecule has 1 atom stereocenters. The van der Waals surface area contributed by atoms with E-state index in [1.807, 2.05) is 26.8 Å². The van der Waals surface area contributed by atoms with Crippen molar-refractivity contribution in [3.8, 4) is 5.88 Å². The second kappa shape index (κ2) is 6.52. The third-order valence-corrected chi connectivity index (χ3v) is 3.02. The molecule has 0 saturated carbocycles. The zero-order valence-corrected chi connectivity index (χ0v) is 12.1. The topological polar surface area (TPSA) is 77.2 Å². The van der Waals surface area contributed by atoms with Gasteiger partial charge in [-0.15, -0.1) is 0 Å². The molecule has 1 rings (SSSR count). The number of methoxy groups -OCH3 is 1. The number of hydrogen-bond acceptors (Lipinski definition) is 4. The van der Waals surface area contributed by atoms with E-state index in [0.717, 1.165) is 5.56 Å². The number of pyridine rings is 1. The van der Waals surface area contributed by atoms with Gasteiger partial charge in [-0.2, -0.15) is 0 Å². The maximum atomic E-state index is 11.8. The van der Waals surface area contributed by atoms with Gasteiger partial charge < -0.3 is 15.8 Å². The van der Waals surface area contributed by atoms with Crippen molar-refractivity contribution >= 4 is 5.91 Å². The van der Waals surface area contributed by atoms with Crippen LogP contribution in [0.2, 0.25) is 0 Å². The van der Waals surface area contributed by atoms with Crippen molar-refractivity contribution in [2.24, 2.45) is 11.1 Å². The lowest BCUT2D eigenvalue weighted by Gasteiger charge is -2.26. The van der Waals surface area contributed by atoms with Crippen LogP contribution >= 0.6 is 0 Å². The van der Waals surface area contributed by atoms with Crippen molar-refractivity contribution in [1.29, 1.82) is 0 Å². The van der Waals surface area contributed by atoms with Gasteiger partial charge in [0.15, 0.2) is 0 Å². The van der Waals surface area contributed by atoms with E-state index in [9.17, 15) is 4.79 Å². The van der Waals surface area contributed by atoms with Crippen molar-refractivity contribution in [3.05, 3.63) is 23.9 Å². The summed E-state index contributed by atoms with van der Waals surface area (Å²) >= 11 is 0. The Labute approximate surface area is 114 Å². The number of carbonyl (C=O) groups is 1. The average molecular weight is 265 g/mol. The number of nitrogens with one attached hydrogen (secondary N) is 1. The summed E-state index contributed by atoms with van der Waals surface area (Å²) in [6, 6.07) is 3.48. The largest absolute Gasteiger partial charge is 0.481 e. The Morgan fingerprint density at radius 2 is 2.21 bits per heavy atom. The highest BCUT2D eigenvalue weighted by Gasteiger charge is 2.22. The van der Waals surface area contributed by atoms with Gasteiger partial charge in [0.25, 0.3) is 0 Å². The van der Waals surface area contributed by atoms with Crippen molar-refractivity contribution in [2.75, 3.05) is 7.11 Å². The molecule has 1 aromatic heterocycles. The SMILES string of the molecule is COc1cc(CNC(=O)CC(N)C(C)(C)C)ccn1. The predicted molar refractivity (Wildman–Crippen MR) is 74.7 cm³/mol. The Morgan fingerprint density at radius 3 is 2.79 bits per heavy atom. The summed E-state index contributed by atoms with van der Waals surface area (Å²) in [5.41, 5.74) is 6.85. The van der Waals surface area contributed by atoms with Crippen LogP contribution in [0, 0.1) is 5.41 Å². The minimum Gasteiger partial charge on any atom is -0.481 e. The number of ether oxygens (including phenoxy) is 1. The summed E-state index contributed by atoms with van der Waals surface area (Å²) in [5.74, 6) is 0.497. The number of hydrogen-bond donors (Lipinski definition) is 2. The quantitative estimate of drug-likeness (QED) is 0.845. The minimum atomic E-state index is -0.153. The standard InChI is InChI=1S/C14H23N3O2/c1-14(2,3)11(15)8-12(18)17-9-10-5-6-16-13(7-10)19-4/h5-7,11H,8-9,15H2,1-4H3,(H,17,18). The summed E-state index contributed by atoms with van der Waals surface area (Å²) in [7, 11) is 1.56. The van der Waals surface area contributed by atoms with Crippen LogP contribution in [0.15, 0.2) is 18.3 Å². The lowest BCUT2D eigenvalue weighted by Crippen LogP contribution is -2.40. The van der Waals surface area contributed by atoms with E-state index in [2.05, 4.69) is 10.3 Å². The molecule has 0 aliphatic rings. The van der Waals surface area contributed by atoms with E-state index in [4.69, 9.17) is 10.5 Å². The molecule has 0 fully saturated rings. The van der Waals surface area contributed by atoms with Crippen molar-refractivity contribution in [3.63, 3.8) is 0 Å². The van der Waals surface area contributed by atoms with E-state index < -0.39 is 0 Å². The molecule has 1 amide bonds. The van der Waals surface area contributed by atoms with E-state index >= 15 is 0 Å². The Kier molecular flexibility index (Phi) is 5.30. The van der Waals surface area contributed by atoms with Crippen LogP contribution in [0.4, 0.5) is 0 Å². The molecule has 0 spiro atoms. The molecule has 106 valence electrons. The van der Waals surface area contributed by atoms with Gasteiger partial charge >= 0.3 is 0 Å². The maximum Gasteiger partial charge on any atom is 0.221 e. The molecule has 5 heteroatoms. The molecule has 5 nitrogen and oxygen atoms in total. The first kappa shape index (κ1) is 15.4. The fourth-order valence-corrected chi connectivity index (χ4v) is 1.45. The van der Waals surface area contributed by atoms with Crippen molar-refractivity contribution in [1.82, 2.24) is 10.3 Å². The molecule has 1 unspecified atom stereocenters. The molecule has 1 heterocycles. The van der Waals surface area contributed by atoms with Crippen LogP contribution < -0.4 is 15.8 Å². The van der Waals surface area contributed by atoms with Gasteiger partial charge in [0, 0.05) is 31.3 Å². The zero-order chi connectivity index (χ0) is 14.5. The lowest BCUT2D eigenvalue weighted by atomic mass is 9.85. The Morgan fingerprint density at radius 1 is 1.53 bits per heavy atom. The minimum absolute atomic E-state index is 0.0433. The van der Waals surface area contributed by atoms with Gasteiger partial charge in [0.1, 0.15) is 0 Å². The normalized spacial score (nSPS) is 12.9. The fourth-order valence-electron chi connectivity index (χ4n) is 1.45. The zero-order valence-electron chi connectivity index (χ0n) is 12.1. The molecule has 0 aliphatic carbocycles. The number of aromatic nitrogens is 1. The number of carbonyl (C=O) groups excluding carboxylic acids is 1. The number of nitrogens with two attached hydrogens (primary N) is 1. The molecule has 0 aromatic carbocycles. The Balaban J connectivity index is 2.46. The molecule has 3 N–H and O–H groups in total. The van der Waals surface area contributed by atoms with Gasteiger partial charge in [0.2, 0.25) is 11.8 Å². The summed E-state index contributed by atoms with van der Waals surface area (Å²) in [6.07, 6.45) is 1.98. The Bertz CT molecular complexity index is 427. The molecule has 0 bridgehead atoms. The monoisotopic (exact) mass is 265 g/mol. The first-order valence-corrected chi connectivity index (χ1v) is 6.34. The van der Waals surface area contributed by atoms with Gasteiger partial charge in [-0.05, 0) is 17.0 Å². The second-order valence-corrected chi connectivity index (χ2v) is 5.66. The third kappa shape index (κ3) is 5.26. The van der Waals surface area contributed by atoms with Gasteiger partial charge in [-0.25, -0.2) is 4.98 Å². The van der Waals surface area contributed by atoms with Crippen LogP contribution in [0.1, 0.15) is 32.8 Å². The van der Waals surface area contributed by atoms with E-state index in [1.165, 1.54) is 0 Å². The van der Waals surface area contributed by atoms with E-state index in [1.54, 1.807) is 19.4 Å². The molecule has 0 saturated heterocycles. The van der Waals surface area contributed by atoms with E-state index in [0.29, 0.717) is 18.8 Å². The molecule has 0 radical (unpaired) electrons. The number of rotatable bonds is 5. The second-order valence-electron chi connectivity index (χ2n) is 5.66. The Hall–Kier alpha value is -1.62. The van der Waals surface area contributed by atoms with Crippen LogP contribution in [0.5, 0.6) is 5.88 Å². The number of amides is 1. The van der Waals surface area contributed by atoms with Crippen molar-refractivity contribution < 1.29 is 9.53 Å². The predicted octanol–water partition coefficient (Wildman–Crippen LogP) is 1.47. The summed E-state index contributed by atoms with van der Waals surface area (Å²) < 4.78 is 5.03. The van der Waals surface area contributed by atoms with Crippen LogP contribution in [0.3, 0.4) is 0 Å². The van der Waals surface area contributed by atoms with Crippen molar-refractivity contribution in [2.45, 2.75) is 39.8 Å². The van der Waals surface area contributed by atoms with Gasteiger partial charge in [-0.1, -0.05) is 20.8 Å². The van der Waals surface area contributed by atoms with Gasteiger partial charge in [-0.3, -0.25) is 4.79 Å². The molecular formula is C14H23N3O2. The van der Waals surface area contributed by atoms with Crippen LogP contribution in [0.25, 0.3) is 0 Å². The molecule has 1 aromatic rings. The average Bonchev–Trinajstić information content (AvgIpc) is 2.35. The molecule has 0 aliphatic heterocycles. The highest BCUT2D eigenvalue weighted by atomic mass is 16.5. The molecular weight excluding hydrogens is 242 g/mol. The van der Waals surface area contributed by atoms with Crippen LogP contribution in [-0.2, 0) is 11.3 Å². The fraction of sp³-hybridized carbons (Fsp3) is 0.571. The van der Waals surface area contributed by atoms with Gasteiger partial charge in [0.05, 0.1) is 7.11 Å². The maximum absolute atomic E-state index is 11.8. The third-order valence-electron chi connectivity index (χ3n) is 3.02. The lowest BCUT2D eigenvalue weighted by molar-refractivity contribution is -0.122. The highest BCUT2D eigenvalue weighted by molar-refractivity contribution is 5.76. The summed E-state index contributed by atoms with van der Waals surface area (Å²) in [6.45, 7) is 6.53. The number of nitrogens with zero attached hydrogens (tertiary/aromatic N) is 1. The summed E-state index contributed by atoms with van der Waals surface area (Å²) in [4.78, 5) is 15.8. The first-order valence-electron chi connectivity index (χ1n) is 6.34. The summed E-state index contributed by atoms with van der Waals surface area (Å²) in [5, 5.41) is 2.85. The first-order chi connectivity index (χ1) is 8.82. The smallest absolute Gasteiger partial charge is 0.221 e. The van der Waals surface area contributed by atoms with Crippen LogP contribution in [-0.4, -0.2) is 24.0 Å². The highest BCUT2D eigenvalue weighted by Crippen LogP contribution is 2.19. The molecule has 19 heavy (non-hydrogen) atoms.